The second kappa shape index (κ2) is 4.43. The molecule has 2 aromatic heterocycles. The van der Waals surface area contributed by atoms with Crippen LogP contribution in [-0.2, 0) is 0 Å². The van der Waals surface area contributed by atoms with Gasteiger partial charge >= 0.3 is 0 Å². The fourth-order valence-electron chi connectivity index (χ4n) is 1.40. The molecule has 0 fully saturated rings. The Hall–Kier alpha value is -1.07. The lowest BCUT2D eigenvalue weighted by atomic mass is 10.1. The normalized spacial score (nSPS) is 11.0. The van der Waals surface area contributed by atoms with E-state index in [0.717, 1.165) is 15.4 Å². The highest BCUT2D eigenvalue weighted by molar-refractivity contribution is 7.15. The van der Waals surface area contributed by atoms with Gasteiger partial charge in [0.25, 0.3) is 0 Å². The number of aromatic nitrogens is 2. The van der Waals surface area contributed by atoms with Crippen molar-refractivity contribution in [2.75, 3.05) is 0 Å². The lowest BCUT2D eigenvalue weighted by Gasteiger charge is -2.01. The molecule has 0 saturated carbocycles. The maximum absolute atomic E-state index is 12.2. The van der Waals surface area contributed by atoms with E-state index in [1.54, 1.807) is 0 Å². The molecule has 0 atom stereocenters. The summed E-state index contributed by atoms with van der Waals surface area (Å²) in [6.07, 6.45) is 0. The first-order valence-corrected chi connectivity index (χ1v) is 6.62. The highest BCUT2D eigenvalue weighted by Crippen LogP contribution is 2.25. The summed E-state index contributed by atoms with van der Waals surface area (Å²) in [6.45, 7) is 6.04. The third-order valence-corrected chi connectivity index (χ3v) is 3.97. The molecule has 3 nitrogen and oxygen atoms in total. The number of rotatable bonds is 3. The van der Waals surface area contributed by atoms with Gasteiger partial charge in [0.05, 0.1) is 10.6 Å². The Labute approximate surface area is 102 Å². The Morgan fingerprint density at radius 2 is 2.12 bits per heavy atom. The van der Waals surface area contributed by atoms with E-state index in [-0.39, 0.29) is 11.7 Å². The highest BCUT2D eigenvalue weighted by atomic mass is 32.1. The Kier molecular flexibility index (Phi) is 3.16. The van der Waals surface area contributed by atoms with Crippen molar-refractivity contribution >= 4 is 28.7 Å². The molecule has 0 unspecified atom stereocenters. The molecule has 5 heteroatoms. The summed E-state index contributed by atoms with van der Waals surface area (Å²) in [4.78, 5) is 14.8. The molecule has 0 spiro atoms. The van der Waals surface area contributed by atoms with Crippen LogP contribution in [0.1, 0.15) is 44.9 Å². The lowest BCUT2D eigenvalue weighted by Crippen LogP contribution is -2.02. The largest absolute Gasteiger partial charge is 0.287 e. The number of carbonyl (C=O) groups is 1. The van der Waals surface area contributed by atoms with Gasteiger partial charge < -0.3 is 0 Å². The molecule has 2 aromatic rings. The summed E-state index contributed by atoms with van der Waals surface area (Å²) in [7, 11) is 0. The summed E-state index contributed by atoms with van der Waals surface area (Å²) in [5.74, 6) is 0.288. The number of hydrogen-bond acceptors (Lipinski definition) is 5. The zero-order chi connectivity index (χ0) is 11.7. The van der Waals surface area contributed by atoms with Gasteiger partial charge in [0.15, 0.2) is 0 Å². The van der Waals surface area contributed by atoms with Gasteiger partial charge in [-0.15, -0.1) is 16.4 Å². The van der Waals surface area contributed by atoms with E-state index in [9.17, 15) is 4.79 Å². The fraction of sp³-hybridized carbons (Fsp3) is 0.364. The topological polar surface area (TPSA) is 42.9 Å². The monoisotopic (exact) mass is 252 g/mol. The summed E-state index contributed by atoms with van der Waals surface area (Å²) in [5, 5.41) is 4.02. The smallest absolute Gasteiger partial charge is 0.216 e. The number of hydrogen-bond donors (Lipinski definition) is 0. The maximum atomic E-state index is 12.2. The summed E-state index contributed by atoms with van der Waals surface area (Å²) >= 11 is 2.70. The highest BCUT2D eigenvalue weighted by Gasteiger charge is 2.20. The predicted molar refractivity (Wildman–Crippen MR) is 66.5 cm³/mol. The van der Waals surface area contributed by atoms with Gasteiger partial charge in [0.1, 0.15) is 4.88 Å². The van der Waals surface area contributed by atoms with E-state index in [4.69, 9.17) is 0 Å². The van der Waals surface area contributed by atoms with Gasteiger partial charge in [0.2, 0.25) is 5.78 Å². The minimum atomic E-state index is 0.0526. The molecule has 16 heavy (non-hydrogen) atoms. The second-order valence-electron chi connectivity index (χ2n) is 3.88. The Morgan fingerprint density at radius 1 is 1.38 bits per heavy atom. The van der Waals surface area contributed by atoms with Crippen molar-refractivity contribution in [2.45, 2.75) is 26.7 Å². The van der Waals surface area contributed by atoms with E-state index in [0.29, 0.717) is 4.88 Å². The molecule has 0 saturated heterocycles. The van der Waals surface area contributed by atoms with Crippen molar-refractivity contribution in [3.63, 3.8) is 0 Å². The lowest BCUT2D eigenvalue weighted by molar-refractivity contribution is 0.104. The molecular formula is C11H12N2OS2. The molecule has 0 aliphatic carbocycles. The average molecular weight is 252 g/mol. The van der Waals surface area contributed by atoms with Crippen molar-refractivity contribution in [1.82, 2.24) is 9.59 Å². The first-order valence-electron chi connectivity index (χ1n) is 5.03. The van der Waals surface area contributed by atoms with Gasteiger partial charge in [-0.1, -0.05) is 18.3 Å². The first-order chi connectivity index (χ1) is 7.59. The van der Waals surface area contributed by atoms with E-state index in [1.165, 1.54) is 22.9 Å². The molecule has 0 radical (unpaired) electrons. The van der Waals surface area contributed by atoms with E-state index < -0.39 is 0 Å². The van der Waals surface area contributed by atoms with Crippen molar-refractivity contribution in [3.8, 4) is 0 Å². The quantitative estimate of drug-likeness (QED) is 0.787. The number of aryl methyl sites for hydroxylation is 1. The zero-order valence-electron chi connectivity index (χ0n) is 9.35. The van der Waals surface area contributed by atoms with Crippen LogP contribution in [0.3, 0.4) is 0 Å². The van der Waals surface area contributed by atoms with Crippen LogP contribution in [-0.4, -0.2) is 15.4 Å². The second-order valence-corrected chi connectivity index (χ2v) is 5.92. The van der Waals surface area contributed by atoms with E-state index in [1.807, 2.05) is 32.9 Å². The van der Waals surface area contributed by atoms with Crippen molar-refractivity contribution < 1.29 is 4.79 Å². The molecule has 0 bridgehead atoms. The van der Waals surface area contributed by atoms with Crippen LogP contribution < -0.4 is 0 Å². The molecular weight excluding hydrogens is 240 g/mol. The number of ketones is 1. The minimum Gasteiger partial charge on any atom is -0.287 e. The molecule has 0 aliphatic rings. The van der Waals surface area contributed by atoms with Crippen LogP contribution >= 0.6 is 22.9 Å². The van der Waals surface area contributed by atoms with Gasteiger partial charge in [-0.3, -0.25) is 4.79 Å². The fourth-order valence-corrected chi connectivity index (χ4v) is 3.05. The van der Waals surface area contributed by atoms with Crippen LogP contribution in [0.4, 0.5) is 0 Å². The van der Waals surface area contributed by atoms with E-state index >= 15 is 0 Å². The number of nitrogens with zero attached hydrogens (tertiary/aromatic N) is 2. The first kappa shape index (κ1) is 11.4. The molecule has 0 aliphatic heterocycles. The summed E-state index contributed by atoms with van der Waals surface area (Å²) < 4.78 is 3.87. The van der Waals surface area contributed by atoms with Gasteiger partial charge in [0, 0.05) is 4.88 Å². The van der Waals surface area contributed by atoms with Crippen LogP contribution in [0.5, 0.6) is 0 Å². The molecule has 0 amide bonds. The number of carbonyl (C=O) groups excluding carboxylic acids is 1. The third kappa shape index (κ3) is 2.05. The van der Waals surface area contributed by atoms with Crippen molar-refractivity contribution in [3.05, 3.63) is 32.5 Å². The summed E-state index contributed by atoms with van der Waals surface area (Å²) in [5.41, 5.74) is 0.807. The van der Waals surface area contributed by atoms with Crippen LogP contribution in [0.2, 0.25) is 0 Å². The SMILES string of the molecule is Cc1ccc(C(=O)c2snnc2C(C)C)s1. The van der Waals surface area contributed by atoms with E-state index in [2.05, 4.69) is 9.59 Å². The Balaban J connectivity index is 2.38. The van der Waals surface area contributed by atoms with Crippen molar-refractivity contribution in [1.29, 1.82) is 0 Å². The summed E-state index contributed by atoms with van der Waals surface area (Å²) in [6, 6.07) is 3.83. The zero-order valence-corrected chi connectivity index (χ0v) is 11.0. The minimum absolute atomic E-state index is 0.0526. The Morgan fingerprint density at radius 3 is 2.69 bits per heavy atom. The van der Waals surface area contributed by atoms with Crippen LogP contribution in [0.25, 0.3) is 0 Å². The van der Waals surface area contributed by atoms with Crippen LogP contribution in [0.15, 0.2) is 12.1 Å². The van der Waals surface area contributed by atoms with Gasteiger partial charge in [-0.25, -0.2) is 0 Å². The Bertz CT molecular complexity index is 514. The standard InChI is InChI=1S/C11H12N2OS2/c1-6(2)9-11(16-13-12-9)10(14)8-5-4-7(3)15-8/h4-6H,1-3H3. The molecule has 2 rings (SSSR count). The molecule has 0 N–H and O–H groups in total. The molecule has 2 heterocycles. The van der Waals surface area contributed by atoms with Crippen molar-refractivity contribution in [2.24, 2.45) is 0 Å². The average Bonchev–Trinajstić information content (AvgIpc) is 2.84. The molecule has 0 aromatic carbocycles. The molecule has 84 valence electrons. The van der Waals surface area contributed by atoms with Gasteiger partial charge in [-0.2, -0.15) is 0 Å². The van der Waals surface area contributed by atoms with Gasteiger partial charge in [-0.05, 0) is 36.5 Å². The number of thiophene rings is 1. The van der Waals surface area contributed by atoms with Crippen LogP contribution in [0, 0.1) is 6.92 Å². The maximum Gasteiger partial charge on any atom is 0.216 e. The third-order valence-electron chi connectivity index (χ3n) is 2.23. The predicted octanol–water partition coefficient (Wildman–Crippen LogP) is 3.26.